The summed E-state index contributed by atoms with van der Waals surface area (Å²) in [6, 6.07) is 14.0. The van der Waals surface area contributed by atoms with Crippen molar-refractivity contribution in [3.63, 3.8) is 0 Å². The van der Waals surface area contributed by atoms with Crippen LogP contribution in [-0.4, -0.2) is 21.6 Å². The van der Waals surface area contributed by atoms with Crippen molar-refractivity contribution in [1.29, 1.82) is 0 Å². The summed E-state index contributed by atoms with van der Waals surface area (Å²) >= 11 is 3.21. The van der Waals surface area contributed by atoms with Crippen LogP contribution in [0.3, 0.4) is 0 Å². The molecule has 0 saturated heterocycles. The van der Waals surface area contributed by atoms with Gasteiger partial charge in [0.2, 0.25) is 5.91 Å². The molecule has 2 heterocycles. The van der Waals surface area contributed by atoms with Crippen LogP contribution in [0, 0.1) is 0 Å². The third kappa shape index (κ3) is 4.91. The third-order valence-electron chi connectivity index (χ3n) is 3.29. The normalized spacial score (nSPS) is 10.5. The zero-order valence-electron chi connectivity index (χ0n) is 13.0. The lowest BCUT2D eigenvalue weighted by Crippen LogP contribution is -2.11. The van der Waals surface area contributed by atoms with Crippen LogP contribution >= 0.6 is 23.1 Å². The van der Waals surface area contributed by atoms with E-state index >= 15 is 0 Å². The maximum Gasteiger partial charge on any atom is 0.226 e. The van der Waals surface area contributed by atoms with E-state index < -0.39 is 0 Å². The molecular weight excluding hydrogens is 338 g/mol. The first-order chi connectivity index (χ1) is 11.8. The van der Waals surface area contributed by atoms with Crippen molar-refractivity contribution in [3.05, 3.63) is 60.2 Å². The van der Waals surface area contributed by atoms with Crippen molar-refractivity contribution in [1.82, 2.24) is 9.97 Å². The number of nitrogens with one attached hydrogen (secondary N) is 1. The Morgan fingerprint density at radius 1 is 1.12 bits per heavy atom. The Balaban J connectivity index is 1.43. The molecule has 2 aromatic heterocycles. The van der Waals surface area contributed by atoms with Gasteiger partial charge in [-0.2, -0.15) is 0 Å². The fraction of sp³-hybridized carbons (Fsp3) is 0.167. The number of carbonyl (C=O) groups excluding carboxylic acids is 1. The number of carbonyl (C=O) groups is 1. The lowest BCUT2D eigenvalue weighted by molar-refractivity contribution is -0.116. The first-order valence-electron chi connectivity index (χ1n) is 7.65. The van der Waals surface area contributed by atoms with Gasteiger partial charge in [-0.25, -0.2) is 4.98 Å². The molecule has 0 saturated carbocycles. The molecule has 3 aromatic rings. The number of hydrogen-bond acceptors (Lipinski definition) is 5. The number of aromatic nitrogens is 2. The highest BCUT2D eigenvalue weighted by molar-refractivity contribution is 7.99. The van der Waals surface area contributed by atoms with Gasteiger partial charge in [0.25, 0.3) is 0 Å². The highest BCUT2D eigenvalue weighted by Gasteiger charge is 2.08. The van der Waals surface area contributed by atoms with E-state index in [0.717, 1.165) is 23.4 Å². The van der Waals surface area contributed by atoms with Gasteiger partial charge in [0, 0.05) is 34.7 Å². The van der Waals surface area contributed by atoms with Crippen LogP contribution in [0.4, 0.5) is 5.13 Å². The van der Waals surface area contributed by atoms with Crippen LogP contribution in [0.5, 0.6) is 0 Å². The summed E-state index contributed by atoms with van der Waals surface area (Å²) in [5.74, 6) is 0.941. The fourth-order valence-electron chi connectivity index (χ4n) is 2.11. The van der Waals surface area contributed by atoms with Gasteiger partial charge >= 0.3 is 0 Å². The smallest absolute Gasteiger partial charge is 0.226 e. The number of amides is 1. The molecule has 0 unspecified atom stereocenters. The van der Waals surface area contributed by atoms with E-state index in [1.54, 1.807) is 24.2 Å². The minimum absolute atomic E-state index is 0.0132. The van der Waals surface area contributed by atoms with Crippen molar-refractivity contribution >= 4 is 34.1 Å². The second kappa shape index (κ2) is 8.61. The Bertz CT molecular complexity index is 775. The molecular formula is C18H17N3OS2. The highest BCUT2D eigenvalue weighted by Crippen LogP contribution is 2.24. The number of nitrogens with zero attached hydrogens (tertiary/aromatic N) is 2. The molecule has 1 N–H and O–H groups in total. The Hall–Kier alpha value is -2.18. The van der Waals surface area contributed by atoms with Crippen molar-refractivity contribution < 1.29 is 4.79 Å². The average Bonchev–Trinajstić information content (AvgIpc) is 3.09. The van der Waals surface area contributed by atoms with Gasteiger partial charge in [0.15, 0.2) is 5.13 Å². The zero-order chi connectivity index (χ0) is 16.6. The number of anilines is 1. The first kappa shape index (κ1) is 16.7. The summed E-state index contributed by atoms with van der Waals surface area (Å²) in [6.45, 7) is 0. The Morgan fingerprint density at radius 2 is 1.92 bits per heavy atom. The number of thioether (sulfide) groups is 1. The Kier molecular flexibility index (Phi) is 5.98. The molecule has 4 nitrogen and oxygen atoms in total. The minimum atomic E-state index is 0.0132. The van der Waals surface area contributed by atoms with E-state index in [0.29, 0.717) is 11.6 Å². The molecule has 0 radical (unpaired) electrons. The van der Waals surface area contributed by atoms with Crippen LogP contribution < -0.4 is 5.32 Å². The number of benzene rings is 1. The number of rotatable bonds is 7. The van der Waals surface area contributed by atoms with E-state index in [1.807, 2.05) is 35.7 Å². The molecule has 122 valence electrons. The fourth-order valence-corrected chi connectivity index (χ4v) is 3.72. The first-order valence-corrected chi connectivity index (χ1v) is 9.51. The summed E-state index contributed by atoms with van der Waals surface area (Å²) in [5.41, 5.74) is 1.86. The maximum absolute atomic E-state index is 12.0. The van der Waals surface area contributed by atoms with Gasteiger partial charge < -0.3 is 5.32 Å². The highest BCUT2D eigenvalue weighted by atomic mass is 32.2. The quantitative estimate of drug-likeness (QED) is 0.492. The van der Waals surface area contributed by atoms with Gasteiger partial charge in [-0.3, -0.25) is 9.78 Å². The minimum Gasteiger partial charge on any atom is -0.302 e. The maximum atomic E-state index is 12.0. The SMILES string of the molecule is O=C(CCCSc1ccccc1)Nc1nc(-c2ccncc2)cs1. The van der Waals surface area contributed by atoms with Crippen LogP contribution in [-0.2, 0) is 4.79 Å². The lowest BCUT2D eigenvalue weighted by atomic mass is 10.2. The monoisotopic (exact) mass is 355 g/mol. The van der Waals surface area contributed by atoms with Gasteiger partial charge in [0.05, 0.1) is 5.69 Å². The number of hydrogen-bond donors (Lipinski definition) is 1. The second-order valence-electron chi connectivity index (χ2n) is 5.09. The molecule has 0 aliphatic heterocycles. The predicted molar refractivity (Wildman–Crippen MR) is 100 cm³/mol. The van der Waals surface area contributed by atoms with Gasteiger partial charge in [-0.1, -0.05) is 18.2 Å². The average molecular weight is 355 g/mol. The van der Waals surface area contributed by atoms with Crippen molar-refractivity contribution in [2.24, 2.45) is 0 Å². The molecule has 0 aliphatic carbocycles. The van der Waals surface area contributed by atoms with Gasteiger partial charge in [-0.15, -0.1) is 23.1 Å². The summed E-state index contributed by atoms with van der Waals surface area (Å²) in [7, 11) is 0. The van der Waals surface area contributed by atoms with Crippen LogP contribution in [0.25, 0.3) is 11.3 Å². The Labute approximate surface area is 149 Å². The Morgan fingerprint density at radius 3 is 2.71 bits per heavy atom. The third-order valence-corrected chi connectivity index (χ3v) is 5.14. The molecule has 6 heteroatoms. The molecule has 1 aromatic carbocycles. The van der Waals surface area contributed by atoms with Gasteiger partial charge in [0.1, 0.15) is 0 Å². The molecule has 24 heavy (non-hydrogen) atoms. The van der Waals surface area contributed by atoms with Crippen molar-refractivity contribution in [3.8, 4) is 11.3 Å². The topological polar surface area (TPSA) is 54.9 Å². The summed E-state index contributed by atoms with van der Waals surface area (Å²) in [4.78, 5) is 21.7. The summed E-state index contributed by atoms with van der Waals surface area (Å²) < 4.78 is 0. The van der Waals surface area contributed by atoms with Crippen molar-refractivity contribution in [2.75, 3.05) is 11.1 Å². The second-order valence-corrected chi connectivity index (χ2v) is 7.11. The summed E-state index contributed by atoms with van der Waals surface area (Å²) in [6.07, 6.45) is 4.81. The largest absolute Gasteiger partial charge is 0.302 e. The predicted octanol–water partition coefficient (Wildman–Crippen LogP) is 4.72. The van der Waals surface area contributed by atoms with Crippen LogP contribution in [0.1, 0.15) is 12.8 Å². The van der Waals surface area contributed by atoms with E-state index in [4.69, 9.17) is 0 Å². The van der Waals surface area contributed by atoms with E-state index in [1.165, 1.54) is 16.2 Å². The lowest BCUT2D eigenvalue weighted by Gasteiger charge is -2.02. The molecule has 0 aliphatic rings. The molecule has 3 rings (SSSR count). The van der Waals surface area contributed by atoms with Crippen molar-refractivity contribution in [2.45, 2.75) is 17.7 Å². The summed E-state index contributed by atoms with van der Waals surface area (Å²) in [5, 5.41) is 5.46. The van der Waals surface area contributed by atoms with E-state index in [9.17, 15) is 4.79 Å². The van der Waals surface area contributed by atoms with Crippen LogP contribution in [0.15, 0.2) is 65.1 Å². The van der Waals surface area contributed by atoms with E-state index in [-0.39, 0.29) is 5.91 Å². The molecule has 0 bridgehead atoms. The zero-order valence-corrected chi connectivity index (χ0v) is 14.6. The number of thiazole rings is 1. The molecule has 0 atom stereocenters. The molecule has 0 spiro atoms. The number of pyridine rings is 1. The standard InChI is InChI=1S/C18H17N3OS2/c22-17(7-4-12-23-15-5-2-1-3-6-15)21-18-20-16(13-24-18)14-8-10-19-11-9-14/h1-3,5-6,8-11,13H,4,7,12H2,(H,20,21,22). The van der Waals surface area contributed by atoms with Crippen LogP contribution in [0.2, 0.25) is 0 Å². The van der Waals surface area contributed by atoms with Gasteiger partial charge in [-0.05, 0) is 36.4 Å². The van der Waals surface area contributed by atoms with E-state index in [2.05, 4.69) is 27.4 Å². The molecule has 0 fully saturated rings. The molecule has 1 amide bonds.